The number of aliphatic carboxylic acids is 1. The van der Waals surface area contributed by atoms with E-state index in [9.17, 15) is 9.59 Å². The first-order valence-electron chi connectivity index (χ1n) is 6.91. The summed E-state index contributed by atoms with van der Waals surface area (Å²) in [4.78, 5) is 26.4. The second-order valence-corrected chi connectivity index (χ2v) is 5.35. The fourth-order valence-electron chi connectivity index (χ4n) is 2.06. The number of hydrogen-bond donors (Lipinski definition) is 2. The predicted molar refractivity (Wildman–Crippen MR) is 73.2 cm³/mol. The summed E-state index contributed by atoms with van der Waals surface area (Å²) in [7, 11) is 0. The van der Waals surface area contributed by atoms with Crippen LogP contribution in [0.15, 0.2) is 0 Å². The van der Waals surface area contributed by atoms with E-state index in [0.717, 1.165) is 12.8 Å². The van der Waals surface area contributed by atoms with E-state index < -0.39 is 5.97 Å². The molecule has 1 heterocycles. The van der Waals surface area contributed by atoms with Crippen molar-refractivity contribution in [3.05, 3.63) is 0 Å². The Balaban J connectivity index is 2.42. The normalized spacial score (nSPS) is 17.3. The number of amides is 2. The van der Waals surface area contributed by atoms with Crippen molar-refractivity contribution < 1.29 is 14.7 Å². The van der Waals surface area contributed by atoms with Crippen LogP contribution in [0.1, 0.15) is 33.6 Å². The maximum absolute atomic E-state index is 12.1. The number of carboxylic acids is 1. The van der Waals surface area contributed by atoms with Crippen LogP contribution in [-0.4, -0.2) is 65.2 Å². The molecule has 1 saturated heterocycles. The Kier molecular flexibility index (Phi) is 5.60. The summed E-state index contributed by atoms with van der Waals surface area (Å²) < 4.78 is 0. The van der Waals surface area contributed by atoms with Crippen LogP contribution < -0.4 is 5.32 Å². The molecule has 1 rings (SSSR count). The highest BCUT2D eigenvalue weighted by molar-refractivity contribution is 5.75. The lowest BCUT2D eigenvalue weighted by Crippen LogP contribution is -2.56. The average molecular weight is 271 g/mol. The monoisotopic (exact) mass is 271 g/mol. The van der Waals surface area contributed by atoms with E-state index >= 15 is 0 Å². The van der Waals surface area contributed by atoms with Crippen molar-refractivity contribution in [1.82, 2.24) is 15.1 Å². The van der Waals surface area contributed by atoms with E-state index in [-0.39, 0.29) is 18.1 Å². The summed E-state index contributed by atoms with van der Waals surface area (Å²) in [6, 6.07) is -0.0406. The number of hydrogen-bond acceptors (Lipinski definition) is 3. The van der Waals surface area contributed by atoms with E-state index in [0.29, 0.717) is 26.2 Å². The van der Waals surface area contributed by atoms with Gasteiger partial charge in [0, 0.05) is 31.7 Å². The second-order valence-electron chi connectivity index (χ2n) is 5.35. The van der Waals surface area contributed by atoms with Gasteiger partial charge in [-0.05, 0) is 19.8 Å². The molecule has 0 aromatic carbocycles. The molecule has 1 fully saturated rings. The van der Waals surface area contributed by atoms with E-state index in [1.165, 1.54) is 0 Å². The maximum Gasteiger partial charge on any atom is 0.317 e. The van der Waals surface area contributed by atoms with Crippen LogP contribution in [0.4, 0.5) is 4.79 Å². The quantitative estimate of drug-likeness (QED) is 0.781. The molecule has 6 nitrogen and oxygen atoms in total. The molecular formula is C13H25N3O3. The molecular weight excluding hydrogens is 246 g/mol. The number of urea groups is 1. The van der Waals surface area contributed by atoms with Gasteiger partial charge in [-0.2, -0.15) is 0 Å². The minimum Gasteiger partial charge on any atom is -0.480 e. The molecule has 0 radical (unpaired) electrons. The van der Waals surface area contributed by atoms with Crippen molar-refractivity contribution in [1.29, 1.82) is 0 Å². The van der Waals surface area contributed by atoms with Gasteiger partial charge in [0.1, 0.15) is 0 Å². The summed E-state index contributed by atoms with van der Waals surface area (Å²) in [6.07, 6.45) is 1.79. The maximum atomic E-state index is 12.1. The molecule has 1 aliphatic heterocycles. The Bertz CT molecular complexity index is 321. The van der Waals surface area contributed by atoms with Crippen LogP contribution in [0.5, 0.6) is 0 Å². The Labute approximate surface area is 114 Å². The van der Waals surface area contributed by atoms with E-state index in [2.05, 4.69) is 19.2 Å². The third kappa shape index (κ3) is 4.70. The molecule has 0 bridgehead atoms. The summed E-state index contributed by atoms with van der Waals surface area (Å²) in [6.45, 7) is 8.64. The van der Waals surface area contributed by atoms with Crippen molar-refractivity contribution >= 4 is 12.0 Å². The van der Waals surface area contributed by atoms with Crippen LogP contribution >= 0.6 is 0 Å². The zero-order valence-corrected chi connectivity index (χ0v) is 12.1. The standard InChI is InChI=1S/C13H25N3O3/c1-4-13(3,5-2)14-12(19)16-8-6-15(7-9-16)10-11(17)18/h4-10H2,1-3H3,(H,14,19)(H,17,18). The summed E-state index contributed by atoms with van der Waals surface area (Å²) in [5, 5.41) is 11.8. The van der Waals surface area contributed by atoms with Crippen molar-refractivity contribution in [2.75, 3.05) is 32.7 Å². The molecule has 6 heteroatoms. The SMILES string of the molecule is CCC(C)(CC)NC(=O)N1CCN(CC(=O)O)CC1. The fourth-order valence-corrected chi connectivity index (χ4v) is 2.06. The number of carbonyl (C=O) groups is 2. The van der Waals surface area contributed by atoms with Crippen molar-refractivity contribution in [2.45, 2.75) is 39.2 Å². The number of carboxylic acid groups (broad SMARTS) is 1. The average Bonchev–Trinajstić information content (AvgIpc) is 2.38. The van der Waals surface area contributed by atoms with Crippen LogP contribution in [-0.2, 0) is 4.79 Å². The Morgan fingerprint density at radius 3 is 2.11 bits per heavy atom. The highest BCUT2D eigenvalue weighted by Crippen LogP contribution is 2.14. The third-order valence-electron chi connectivity index (χ3n) is 3.99. The molecule has 0 spiro atoms. The molecule has 0 unspecified atom stereocenters. The Hall–Kier alpha value is -1.30. The molecule has 2 amide bonds. The Morgan fingerprint density at radius 1 is 1.16 bits per heavy atom. The summed E-state index contributed by atoms with van der Waals surface area (Å²) in [5.41, 5.74) is -0.157. The lowest BCUT2D eigenvalue weighted by atomic mass is 9.96. The third-order valence-corrected chi connectivity index (χ3v) is 3.99. The zero-order chi connectivity index (χ0) is 14.5. The first-order valence-corrected chi connectivity index (χ1v) is 6.91. The Morgan fingerprint density at radius 2 is 1.68 bits per heavy atom. The molecule has 0 aromatic heterocycles. The van der Waals surface area contributed by atoms with Gasteiger partial charge in [-0.3, -0.25) is 9.69 Å². The number of nitrogens with zero attached hydrogens (tertiary/aromatic N) is 2. The number of piperazine rings is 1. The minimum atomic E-state index is -0.817. The number of nitrogens with one attached hydrogen (secondary N) is 1. The summed E-state index contributed by atoms with van der Waals surface area (Å²) in [5.74, 6) is -0.817. The summed E-state index contributed by atoms with van der Waals surface area (Å²) >= 11 is 0. The lowest BCUT2D eigenvalue weighted by Gasteiger charge is -2.37. The van der Waals surface area contributed by atoms with E-state index in [4.69, 9.17) is 5.11 Å². The van der Waals surface area contributed by atoms with Crippen molar-refractivity contribution in [3.8, 4) is 0 Å². The van der Waals surface area contributed by atoms with Gasteiger partial charge >= 0.3 is 12.0 Å². The molecule has 0 aliphatic carbocycles. The largest absolute Gasteiger partial charge is 0.480 e. The van der Waals surface area contributed by atoms with Crippen molar-refractivity contribution in [3.63, 3.8) is 0 Å². The van der Waals surface area contributed by atoms with Gasteiger partial charge in [0.05, 0.1) is 6.54 Å². The van der Waals surface area contributed by atoms with Gasteiger partial charge in [0.15, 0.2) is 0 Å². The predicted octanol–water partition coefficient (Wildman–Crippen LogP) is 0.977. The fraction of sp³-hybridized carbons (Fsp3) is 0.846. The molecule has 1 aliphatic rings. The van der Waals surface area contributed by atoms with Crippen LogP contribution in [0.25, 0.3) is 0 Å². The molecule has 0 saturated carbocycles. The van der Waals surface area contributed by atoms with Gasteiger partial charge in [0.25, 0.3) is 0 Å². The van der Waals surface area contributed by atoms with Crippen LogP contribution in [0.3, 0.4) is 0 Å². The molecule has 110 valence electrons. The van der Waals surface area contributed by atoms with Gasteiger partial charge in [0.2, 0.25) is 0 Å². The van der Waals surface area contributed by atoms with Crippen molar-refractivity contribution in [2.24, 2.45) is 0 Å². The van der Waals surface area contributed by atoms with Crippen LogP contribution in [0, 0.1) is 0 Å². The first-order chi connectivity index (χ1) is 8.90. The minimum absolute atomic E-state index is 0.0406. The van der Waals surface area contributed by atoms with Gasteiger partial charge < -0.3 is 15.3 Å². The number of rotatable bonds is 5. The highest BCUT2D eigenvalue weighted by atomic mass is 16.4. The molecule has 0 aromatic rings. The van der Waals surface area contributed by atoms with Gasteiger partial charge in [-0.1, -0.05) is 13.8 Å². The smallest absolute Gasteiger partial charge is 0.317 e. The van der Waals surface area contributed by atoms with E-state index in [1.807, 2.05) is 11.8 Å². The highest BCUT2D eigenvalue weighted by Gasteiger charge is 2.27. The molecule has 2 N–H and O–H groups in total. The topological polar surface area (TPSA) is 72.9 Å². The first kappa shape index (κ1) is 15.8. The van der Waals surface area contributed by atoms with Crippen LogP contribution in [0.2, 0.25) is 0 Å². The van der Waals surface area contributed by atoms with E-state index in [1.54, 1.807) is 4.90 Å². The second kappa shape index (κ2) is 6.75. The molecule has 19 heavy (non-hydrogen) atoms. The molecule has 0 atom stereocenters. The zero-order valence-electron chi connectivity index (χ0n) is 12.1. The number of carbonyl (C=O) groups excluding carboxylic acids is 1. The lowest BCUT2D eigenvalue weighted by molar-refractivity contribution is -0.138. The van der Waals surface area contributed by atoms with Gasteiger partial charge in [-0.25, -0.2) is 4.79 Å². The van der Waals surface area contributed by atoms with Gasteiger partial charge in [-0.15, -0.1) is 0 Å².